The highest BCUT2D eigenvalue weighted by Gasteiger charge is 2.60. The number of phenols is 2. The maximum Gasteiger partial charge on any atom is 0.200 e. The topological polar surface area (TPSA) is 108 Å². The number of hydrogen-bond acceptors (Lipinski definition) is 9. The molecule has 2 aliphatic rings. The number of aromatic hydroxyl groups is 2. The molecule has 0 amide bonds. The van der Waals surface area contributed by atoms with E-state index in [9.17, 15) is 10.2 Å². The summed E-state index contributed by atoms with van der Waals surface area (Å²) in [6, 6.07) is 6.86. The van der Waals surface area contributed by atoms with Crippen LogP contribution in [0.1, 0.15) is 23.3 Å². The second kappa shape index (κ2) is 8.40. The fraction of sp³-hybridized carbons (Fsp3) is 0.435. The first-order chi connectivity index (χ1) is 15.4. The van der Waals surface area contributed by atoms with Crippen molar-refractivity contribution >= 4 is 6.72 Å². The highest BCUT2D eigenvalue weighted by Crippen LogP contribution is 2.57. The van der Waals surface area contributed by atoms with Crippen LogP contribution in [0.4, 0.5) is 0 Å². The third-order valence-electron chi connectivity index (χ3n) is 6.33. The molecule has 2 aromatic carbocycles. The van der Waals surface area contributed by atoms with Crippen LogP contribution in [0, 0.1) is 5.92 Å². The van der Waals surface area contributed by atoms with E-state index in [1.54, 1.807) is 24.3 Å². The molecule has 9 nitrogen and oxygen atoms in total. The Balaban J connectivity index is 1.74. The minimum atomic E-state index is -0.768. The summed E-state index contributed by atoms with van der Waals surface area (Å²) in [7, 11) is 5.89. The maximum absolute atomic E-state index is 10.3. The molecule has 0 aromatic heterocycles. The monoisotopic (exact) mass is 445 g/mol. The molecule has 2 aromatic rings. The van der Waals surface area contributed by atoms with E-state index in [1.807, 2.05) is 0 Å². The lowest BCUT2D eigenvalue weighted by Crippen LogP contribution is -2.37. The quantitative estimate of drug-likeness (QED) is 0.626. The smallest absolute Gasteiger partial charge is 0.200 e. The number of benzene rings is 2. The van der Waals surface area contributed by atoms with Gasteiger partial charge in [-0.05, 0) is 42.1 Å². The number of phenolic OH excluding ortho intramolecular Hbond substituents is 2. The van der Waals surface area contributed by atoms with Gasteiger partial charge in [0.1, 0.15) is 11.6 Å². The SMILES string of the molecule is C=N[C@]12COC(c3cc(OC)c(O)c(OC)c3)C1COC2c1cc(OC)c(O)c(OC)c1. The molecule has 3 unspecified atom stereocenters. The Bertz CT molecular complexity index is 975. The number of nitrogens with zero attached hydrogens (tertiary/aromatic N) is 1. The molecule has 0 spiro atoms. The van der Waals surface area contributed by atoms with Gasteiger partial charge >= 0.3 is 0 Å². The minimum Gasteiger partial charge on any atom is -0.502 e. The zero-order chi connectivity index (χ0) is 23.0. The fourth-order valence-corrected chi connectivity index (χ4v) is 4.66. The van der Waals surface area contributed by atoms with Crippen molar-refractivity contribution in [1.82, 2.24) is 0 Å². The lowest BCUT2D eigenvalue weighted by molar-refractivity contribution is 0.0146. The second-order valence-electron chi connectivity index (χ2n) is 7.75. The van der Waals surface area contributed by atoms with Crippen LogP contribution < -0.4 is 18.9 Å². The number of hydrogen-bond donors (Lipinski definition) is 2. The molecule has 4 rings (SSSR count). The lowest BCUT2D eigenvalue weighted by atomic mass is 9.78. The van der Waals surface area contributed by atoms with E-state index in [0.717, 1.165) is 11.1 Å². The van der Waals surface area contributed by atoms with Gasteiger partial charge in [-0.25, -0.2) is 0 Å². The molecular formula is C23H27NO8. The van der Waals surface area contributed by atoms with Crippen LogP contribution in [0.25, 0.3) is 0 Å². The molecule has 4 atom stereocenters. The van der Waals surface area contributed by atoms with Crippen molar-refractivity contribution < 1.29 is 38.6 Å². The van der Waals surface area contributed by atoms with Crippen LogP contribution >= 0.6 is 0 Å². The summed E-state index contributed by atoms with van der Waals surface area (Å²) >= 11 is 0. The largest absolute Gasteiger partial charge is 0.502 e. The predicted octanol–water partition coefficient (Wildman–Crippen LogP) is 3.03. The van der Waals surface area contributed by atoms with Crippen LogP contribution in [0.15, 0.2) is 29.3 Å². The van der Waals surface area contributed by atoms with E-state index >= 15 is 0 Å². The first kappa shape index (κ1) is 22.0. The van der Waals surface area contributed by atoms with Crippen molar-refractivity contribution in [3.05, 3.63) is 35.4 Å². The van der Waals surface area contributed by atoms with Crippen LogP contribution in [0.5, 0.6) is 34.5 Å². The molecule has 2 N–H and O–H groups in total. The Morgan fingerprint density at radius 2 is 1.31 bits per heavy atom. The number of methoxy groups -OCH3 is 4. The van der Waals surface area contributed by atoms with Gasteiger partial charge in [0.2, 0.25) is 11.5 Å². The molecule has 2 fully saturated rings. The molecule has 172 valence electrons. The molecule has 0 aliphatic carbocycles. The van der Waals surface area contributed by atoms with Crippen molar-refractivity contribution in [2.45, 2.75) is 17.7 Å². The Kier molecular flexibility index (Phi) is 5.79. The third kappa shape index (κ3) is 3.20. The van der Waals surface area contributed by atoms with Gasteiger partial charge in [-0.3, -0.25) is 4.99 Å². The van der Waals surface area contributed by atoms with Crippen molar-refractivity contribution in [3.8, 4) is 34.5 Å². The lowest BCUT2D eigenvalue weighted by Gasteiger charge is -2.29. The van der Waals surface area contributed by atoms with Crippen LogP contribution in [0.2, 0.25) is 0 Å². The van der Waals surface area contributed by atoms with Gasteiger partial charge in [0, 0.05) is 5.92 Å². The van der Waals surface area contributed by atoms with E-state index in [-0.39, 0.29) is 53.1 Å². The summed E-state index contributed by atoms with van der Waals surface area (Å²) in [5.74, 6) is 0.801. The number of aliphatic imine (C=N–C) groups is 1. The zero-order valence-electron chi connectivity index (χ0n) is 18.5. The van der Waals surface area contributed by atoms with Crippen molar-refractivity contribution in [3.63, 3.8) is 0 Å². The van der Waals surface area contributed by atoms with E-state index in [2.05, 4.69) is 11.7 Å². The van der Waals surface area contributed by atoms with Crippen LogP contribution in [0.3, 0.4) is 0 Å². The highest BCUT2D eigenvalue weighted by atomic mass is 16.5. The van der Waals surface area contributed by atoms with E-state index in [4.69, 9.17) is 28.4 Å². The Hall–Kier alpha value is -3.17. The van der Waals surface area contributed by atoms with Gasteiger partial charge in [-0.1, -0.05) is 0 Å². The fourth-order valence-electron chi connectivity index (χ4n) is 4.66. The molecule has 32 heavy (non-hydrogen) atoms. The molecule has 0 saturated carbocycles. The number of rotatable bonds is 7. The molecule has 2 saturated heterocycles. The minimum absolute atomic E-state index is 0.0753. The maximum atomic E-state index is 10.3. The summed E-state index contributed by atoms with van der Waals surface area (Å²) in [6.45, 7) is 4.49. The first-order valence-electron chi connectivity index (χ1n) is 10.0. The molecule has 0 bridgehead atoms. The van der Waals surface area contributed by atoms with E-state index in [1.165, 1.54) is 28.4 Å². The van der Waals surface area contributed by atoms with Gasteiger partial charge in [0.05, 0.1) is 47.8 Å². The van der Waals surface area contributed by atoms with Gasteiger partial charge in [-0.2, -0.15) is 0 Å². The average molecular weight is 445 g/mol. The van der Waals surface area contributed by atoms with Crippen LogP contribution in [-0.4, -0.2) is 64.1 Å². The first-order valence-corrected chi connectivity index (χ1v) is 10.0. The highest BCUT2D eigenvalue weighted by molar-refractivity contribution is 5.55. The Labute approximate surface area is 186 Å². The second-order valence-corrected chi connectivity index (χ2v) is 7.75. The standard InChI is InChI=1S/C23H27NO8/c1-24-23-11-32-21(12-6-15(27-2)19(25)16(7-12)28-3)14(23)10-31-22(23)13-8-17(29-4)20(26)18(9-13)30-5/h6-9,14,21-22,25-26H,1,10-11H2,2-5H3/t14?,21?,22?,23-/m1/s1. The van der Waals surface area contributed by atoms with Gasteiger partial charge in [0.15, 0.2) is 23.0 Å². The molecule has 0 radical (unpaired) electrons. The van der Waals surface area contributed by atoms with Gasteiger partial charge < -0.3 is 38.6 Å². The molecule has 2 heterocycles. The number of ether oxygens (including phenoxy) is 6. The summed E-state index contributed by atoms with van der Waals surface area (Å²) in [5.41, 5.74) is 0.740. The van der Waals surface area contributed by atoms with E-state index < -0.39 is 11.6 Å². The van der Waals surface area contributed by atoms with Crippen molar-refractivity contribution in [2.75, 3.05) is 41.7 Å². The molecule has 9 heteroatoms. The summed E-state index contributed by atoms with van der Waals surface area (Å²) < 4.78 is 33.6. The van der Waals surface area contributed by atoms with Crippen molar-refractivity contribution in [2.24, 2.45) is 10.9 Å². The summed E-state index contributed by atoms with van der Waals surface area (Å²) in [5, 5.41) is 20.5. The van der Waals surface area contributed by atoms with E-state index in [0.29, 0.717) is 6.61 Å². The number of fused-ring (bicyclic) bond motifs is 1. The van der Waals surface area contributed by atoms with Crippen molar-refractivity contribution in [1.29, 1.82) is 0 Å². The van der Waals surface area contributed by atoms with Crippen LogP contribution in [-0.2, 0) is 9.47 Å². The average Bonchev–Trinajstić information content (AvgIpc) is 3.37. The zero-order valence-corrected chi connectivity index (χ0v) is 18.5. The molecular weight excluding hydrogens is 418 g/mol. The summed E-state index contributed by atoms with van der Waals surface area (Å²) in [4.78, 5) is 4.49. The van der Waals surface area contributed by atoms with Gasteiger partial charge in [0.25, 0.3) is 0 Å². The van der Waals surface area contributed by atoms with Gasteiger partial charge in [-0.15, -0.1) is 0 Å². The normalized spacial score (nSPS) is 26.4. The Morgan fingerprint density at radius 1 is 0.844 bits per heavy atom. The predicted molar refractivity (Wildman–Crippen MR) is 116 cm³/mol. The Morgan fingerprint density at radius 3 is 1.75 bits per heavy atom. The third-order valence-corrected chi connectivity index (χ3v) is 6.33. The summed E-state index contributed by atoms with van der Waals surface area (Å²) in [6.07, 6.45) is -0.867. The molecule has 2 aliphatic heterocycles.